The van der Waals surface area contributed by atoms with E-state index in [4.69, 9.17) is 4.84 Å². The maximum absolute atomic E-state index is 11.4. The van der Waals surface area contributed by atoms with Crippen molar-refractivity contribution in [1.82, 2.24) is 15.5 Å². The molecule has 0 aromatic carbocycles. The minimum Gasteiger partial charge on any atom is -0.336 e. The summed E-state index contributed by atoms with van der Waals surface area (Å²) in [5, 5.41) is 3.34. The molecule has 2 heterocycles. The van der Waals surface area contributed by atoms with Crippen molar-refractivity contribution in [3.63, 3.8) is 0 Å². The van der Waals surface area contributed by atoms with Crippen LogP contribution in [0.2, 0.25) is 0 Å². The third-order valence-corrected chi connectivity index (χ3v) is 2.15. The number of carbonyl (C=O) groups excluding carboxylic acids is 1. The number of hydrogen-bond donors (Lipinski definition) is 1. The van der Waals surface area contributed by atoms with E-state index in [9.17, 15) is 4.79 Å². The van der Waals surface area contributed by atoms with Crippen LogP contribution in [0, 0.1) is 0 Å². The number of hydrogen-bond acceptors (Lipinski definition) is 5. The molecular formula is C9H13N3O2. The summed E-state index contributed by atoms with van der Waals surface area (Å²) in [7, 11) is 1.69. The Bertz CT molecular complexity index is 333. The van der Waals surface area contributed by atoms with Crippen LogP contribution in [-0.4, -0.2) is 29.1 Å². The van der Waals surface area contributed by atoms with Gasteiger partial charge in [0.15, 0.2) is 0 Å². The van der Waals surface area contributed by atoms with E-state index < -0.39 is 0 Å². The summed E-state index contributed by atoms with van der Waals surface area (Å²) in [4.78, 5) is 16.3. The Morgan fingerprint density at radius 2 is 2.21 bits per heavy atom. The van der Waals surface area contributed by atoms with Gasteiger partial charge in [-0.3, -0.25) is 5.01 Å². The summed E-state index contributed by atoms with van der Waals surface area (Å²) in [6, 6.07) is 0.286. The zero-order chi connectivity index (χ0) is 10.3. The van der Waals surface area contributed by atoms with Crippen LogP contribution in [0.4, 0.5) is 0 Å². The van der Waals surface area contributed by atoms with E-state index in [2.05, 4.69) is 5.43 Å². The molecule has 2 aliphatic rings. The minimum absolute atomic E-state index is 0.286. The van der Waals surface area contributed by atoms with Crippen molar-refractivity contribution in [2.75, 3.05) is 7.05 Å². The molecule has 76 valence electrons. The maximum Gasteiger partial charge on any atom is 0.366 e. The molecule has 0 aliphatic carbocycles. The predicted molar refractivity (Wildman–Crippen MR) is 50.1 cm³/mol. The molecule has 0 spiro atoms. The zero-order valence-corrected chi connectivity index (χ0v) is 8.44. The highest BCUT2D eigenvalue weighted by atomic mass is 16.7. The smallest absolute Gasteiger partial charge is 0.336 e. The fourth-order valence-electron chi connectivity index (χ4n) is 1.51. The fourth-order valence-corrected chi connectivity index (χ4v) is 1.51. The number of hydrazine groups is 1. The standard InChI is InChI=1S/C9H13N3O2/c1-6(2)12-8-5-11(3)14-9(13)7(8)4-10-12/h4-6,10H,1-3H3. The van der Waals surface area contributed by atoms with Crippen molar-refractivity contribution in [2.45, 2.75) is 19.9 Å². The van der Waals surface area contributed by atoms with Crippen molar-refractivity contribution in [2.24, 2.45) is 0 Å². The van der Waals surface area contributed by atoms with E-state index in [0.717, 1.165) is 5.70 Å². The van der Waals surface area contributed by atoms with E-state index in [1.807, 2.05) is 18.9 Å². The van der Waals surface area contributed by atoms with Gasteiger partial charge in [0.2, 0.25) is 0 Å². The van der Waals surface area contributed by atoms with Gasteiger partial charge in [-0.15, -0.1) is 0 Å². The van der Waals surface area contributed by atoms with Crippen LogP contribution in [0.3, 0.4) is 0 Å². The molecule has 2 rings (SSSR count). The second-order valence-electron chi connectivity index (χ2n) is 3.59. The van der Waals surface area contributed by atoms with Crippen LogP contribution in [0.5, 0.6) is 0 Å². The number of nitrogens with zero attached hydrogens (tertiary/aromatic N) is 2. The van der Waals surface area contributed by atoms with Gasteiger partial charge < -0.3 is 10.3 Å². The van der Waals surface area contributed by atoms with Gasteiger partial charge >= 0.3 is 5.97 Å². The molecule has 0 unspecified atom stereocenters. The molecule has 0 radical (unpaired) electrons. The second kappa shape index (κ2) is 2.94. The van der Waals surface area contributed by atoms with E-state index in [1.165, 1.54) is 5.06 Å². The summed E-state index contributed by atoms with van der Waals surface area (Å²) in [6.45, 7) is 4.09. The molecule has 0 bridgehead atoms. The maximum atomic E-state index is 11.4. The Kier molecular flexibility index (Phi) is 1.87. The van der Waals surface area contributed by atoms with Gasteiger partial charge in [-0.25, -0.2) is 9.86 Å². The summed E-state index contributed by atoms with van der Waals surface area (Å²) >= 11 is 0. The first-order valence-electron chi connectivity index (χ1n) is 4.52. The predicted octanol–water partition coefficient (Wildman–Crippen LogP) is 0.344. The lowest BCUT2D eigenvalue weighted by Crippen LogP contribution is -2.38. The topological polar surface area (TPSA) is 44.8 Å². The lowest BCUT2D eigenvalue weighted by molar-refractivity contribution is -0.170. The van der Waals surface area contributed by atoms with E-state index in [1.54, 1.807) is 19.4 Å². The largest absolute Gasteiger partial charge is 0.366 e. The number of carbonyl (C=O) groups is 1. The van der Waals surface area contributed by atoms with E-state index >= 15 is 0 Å². The monoisotopic (exact) mass is 195 g/mol. The third kappa shape index (κ3) is 1.21. The third-order valence-electron chi connectivity index (χ3n) is 2.15. The number of nitrogens with one attached hydrogen (secondary N) is 1. The number of fused-ring (bicyclic) bond motifs is 1. The molecule has 0 aromatic heterocycles. The van der Waals surface area contributed by atoms with Gasteiger partial charge in [0.05, 0.1) is 11.9 Å². The van der Waals surface area contributed by atoms with Crippen molar-refractivity contribution in [1.29, 1.82) is 0 Å². The molecule has 0 aromatic rings. The van der Waals surface area contributed by atoms with Crippen LogP contribution >= 0.6 is 0 Å². The van der Waals surface area contributed by atoms with Crippen LogP contribution in [0.1, 0.15) is 13.8 Å². The van der Waals surface area contributed by atoms with Crippen LogP contribution in [0.25, 0.3) is 0 Å². The number of hydroxylamine groups is 2. The van der Waals surface area contributed by atoms with Gasteiger partial charge in [0.25, 0.3) is 0 Å². The Morgan fingerprint density at radius 3 is 2.86 bits per heavy atom. The zero-order valence-electron chi connectivity index (χ0n) is 8.44. The normalized spacial score (nSPS) is 20.1. The van der Waals surface area contributed by atoms with Gasteiger partial charge in [-0.1, -0.05) is 0 Å². The first-order chi connectivity index (χ1) is 6.59. The Balaban J connectivity index is 2.33. The molecule has 0 saturated heterocycles. The van der Waals surface area contributed by atoms with Gasteiger partial charge in [0, 0.05) is 19.3 Å². The molecule has 14 heavy (non-hydrogen) atoms. The van der Waals surface area contributed by atoms with Crippen molar-refractivity contribution >= 4 is 5.97 Å². The molecule has 0 amide bonds. The summed E-state index contributed by atoms with van der Waals surface area (Å²) < 4.78 is 0. The molecule has 5 heteroatoms. The lowest BCUT2D eigenvalue weighted by Gasteiger charge is -2.29. The van der Waals surface area contributed by atoms with Crippen molar-refractivity contribution < 1.29 is 9.63 Å². The Morgan fingerprint density at radius 1 is 1.50 bits per heavy atom. The molecular weight excluding hydrogens is 182 g/mol. The van der Waals surface area contributed by atoms with Crippen molar-refractivity contribution in [3.05, 3.63) is 23.7 Å². The van der Waals surface area contributed by atoms with E-state index in [0.29, 0.717) is 5.57 Å². The minimum atomic E-state index is -0.319. The first-order valence-corrected chi connectivity index (χ1v) is 4.52. The molecule has 0 atom stereocenters. The van der Waals surface area contributed by atoms with Gasteiger partial charge in [-0.05, 0) is 13.8 Å². The Hall–Kier alpha value is -1.65. The summed E-state index contributed by atoms with van der Waals surface area (Å²) in [6.07, 6.45) is 3.45. The van der Waals surface area contributed by atoms with Crippen LogP contribution in [0.15, 0.2) is 23.7 Å². The van der Waals surface area contributed by atoms with Crippen molar-refractivity contribution in [3.8, 4) is 0 Å². The molecule has 5 nitrogen and oxygen atoms in total. The van der Waals surface area contributed by atoms with Gasteiger partial charge in [0.1, 0.15) is 5.57 Å². The Labute approximate surface area is 82.5 Å². The fraction of sp³-hybridized carbons (Fsp3) is 0.444. The molecule has 2 aliphatic heterocycles. The lowest BCUT2D eigenvalue weighted by atomic mass is 10.2. The van der Waals surface area contributed by atoms with E-state index in [-0.39, 0.29) is 12.0 Å². The average molecular weight is 195 g/mol. The molecule has 0 fully saturated rings. The number of rotatable bonds is 1. The highest BCUT2D eigenvalue weighted by Crippen LogP contribution is 2.26. The summed E-state index contributed by atoms with van der Waals surface area (Å²) in [5.74, 6) is -0.319. The van der Waals surface area contributed by atoms with Crippen LogP contribution in [-0.2, 0) is 9.63 Å². The second-order valence-corrected chi connectivity index (χ2v) is 3.59. The summed E-state index contributed by atoms with van der Waals surface area (Å²) in [5.41, 5.74) is 4.46. The molecule has 0 saturated carbocycles. The SMILES string of the molecule is CC(C)N1NC=C2C(=O)ON(C)C=C21. The quantitative estimate of drug-likeness (QED) is 0.654. The highest BCUT2D eigenvalue weighted by Gasteiger charge is 2.32. The highest BCUT2D eigenvalue weighted by molar-refractivity contribution is 5.94. The van der Waals surface area contributed by atoms with Gasteiger partial charge in [-0.2, -0.15) is 0 Å². The molecule has 1 N–H and O–H groups in total. The first kappa shape index (κ1) is 8.93. The average Bonchev–Trinajstić information content (AvgIpc) is 2.47. The van der Waals surface area contributed by atoms with Crippen LogP contribution < -0.4 is 5.43 Å².